The summed E-state index contributed by atoms with van der Waals surface area (Å²) in [4.78, 5) is 49.7. The molecule has 5 heterocycles. The second kappa shape index (κ2) is 13.1. The number of halogens is 1. The molecule has 5 aromatic rings. The van der Waals surface area contributed by atoms with Crippen LogP contribution in [0.3, 0.4) is 0 Å². The van der Waals surface area contributed by atoms with Gasteiger partial charge in [-0.1, -0.05) is 60.7 Å². The van der Waals surface area contributed by atoms with Gasteiger partial charge in [0.25, 0.3) is 11.5 Å². The number of benzene rings is 2. The predicted molar refractivity (Wildman–Crippen MR) is 183 cm³/mol. The van der Waals surface area contributed by atoms with E-state index in [0.29, 0.717) is 67.9 Å². The molecule has 1 N–H and O–H groups in total. The number of aryl methyl sites for hydroxylation is 1. The van der Waals surface area contributed by atoms with Gasteiger partial charge in [-0.05, 0) is 49.4 Å². The molecule has 2 atom stereocenters. The second-order valence-corrected chi connectivity index (χ2v) is 13.9. The molecular weight excluding hydrogens is 630 g/mol. The molecule has 7 rings (SSSR count). The zero-order valence-electron chi connectivity index (χ0n) is 26.8. The van der Waals surface area contributed by atoms with Crippen molar-refractivity contribution < 1.29 is 19.1 Å². The molecule has 2 aromatic carbocycles. The Kier molecular flexibility index (Phi) is 8.74. The van der Waals surface area contributed by atoms with Crippen LogP contribution in [0.4, 0.5) is 4.39 Å². The number of amides is 2. The van der Waals surface area contributed by atoms with Gasteiger partial charge in [0.05, 0.1) is 17.5 Å². The number of aliphatic hydroxyl groups is 1. The van der Waals surface area contributed by atoms with Crippen molar-refractivity contribution in [1.82, 2.24) is 23.9 Å². The van der Waals surface area contributed by atoms with Gasteiger partial charge in [-0.3, -0.25) is 19.0 Å². The summed E-state index contributed by atoms with van der Waals surface area (Å²) < 4.78 is 18.5. The number of likely N-dealkylation sites (tertiary alicyclic amines) is 2. The van der Waals surface area contributed by atoms with Crippen molar-refractivity contribution in [2.24, 2.45) is 5.92 Å². The van der Waals surface area contributed by atoms with Crippen LogP contribution in [0, 0.1) is 11.7 Å². The van der Waals surface area contributed by atoms with Crippen LogP contribution in [-0.4, -0.2) is 72.6 Å². The van der Waals surface area contributed by atoms with E-state index in [4.69, 9.17) is 0 Å². The lowest BCUT2D eigenvalue weighted by Gasteiger charge is -2.43. The summed E-state index contributed by atoms with van der Waals surface area (Å²) in [5.74, 6) is -1.53. The highest BCUT2D eigenvalue weighted by atomic mass is 32.1. The van der Waals surface area contributed by atoms with Crippen molar-refractivity contribution in [3.63, 3.8) is 0 Å². The predicted octanol–water partition coefficient (Wildman–Crippen LogP) is 5.39. The Hall–Kier alpha value is -4.61. The summed E-state index contributed by atoms with van der Waals surface area (Å²) in [6.07, 6.45) is 4.44. The van der Waals surface area contributed by atoms with Gasteiger partial charge in [0.2, 0.25) is 5.91 Å². The molecule has 0 saturated carbocycles. The number of rotatable bonds is 7. The van der Waals surface area contributed by atoms with Crippen molar-refractivity contribution in [3.05, 3.63) is 112 Å². The lowest BCUT2D eigenvalue weighted by atomic mass is 9.79. The van der Waals surface area contributed by atoms with Gasteiger partial charge in [-0.2, -0.15) is 0 Å². The van der Waals surface area contributed by atoms with E-state index >= 15 is 4.39 Å². The van der Waals surface area contributed by atoms with E-state index in [1.165, 1.54) is 17.0 Å². The first-order valence-electron chi connectivity index (χ1n) is 16.5. The van der Waals surface area contributed by atoms with Crippen molar-refractivity contribution in [2.45, 2.75) is 50.8 Å². The van der Waals surface area contributed by atoms with Crippen molar-refractivity contribution >= 4 is 34.2 Å². The van der Waals surface area contributed by atoms with Crippen LogP contribution in [0.15, 0.2) is 90.1 Å². The maximum atomic E-state index is 15.1. The van der Waals surface area contributed by atoms with Gasteiger partial charge < -0.3 is 19.5 Å². The largest absolute Gasteiger partial charge is 0.388 e. The normalized spacial score (nSPS) is 19.5. The van der Waals surface area contributed by atoms with Crippen LogP contribution in [-0.2, 0) is 17.9 Å². The molecule has 0 unspecified atom stereocenters. The average molecular weight is 668 g/mol. The smallest absolute Gasteiger partial charge is 0.266 e. The fourth-order valence-corrected chi connectivity index (χ4v) is 8.21. The summed E-state index contributed by atoms with van der Waals surface area (Å²) >= 11 is 1.15. The molecule has 248 valence electrons. The fourth-order valence-electron chi connectivity index (χ4n) is 7.20. The van der Waals surface area contributed by atoms with E-state index in [9.17, 15) is 19.5 Å². The van der Waals surface area contributed by atoms with Crippen molar-refractivity contribution in [2.75, 3.05) is 26.2 Å². The van der Waals surface area contributed by atoms with Crippen molar-refractivity contribution in [1.29, 1.82) is 0 Å². The number of carbonyl (C=O) groups excluding carboxylic acids is 2. The molecule has 0 spiro atoms. The minimum atomic E-state index is -1.15. The van der Waals surface area contributed by atoms with E-state index in [1.807, 2.05) is 83.3 Å². The number of aromatic nitrogens is 3. The molecule has 9 nitrogen and oxygen atoms in total. The summed E-state index contributed by atoms with van der Waals surface area (Å²) in [6, 6.07) is 22.4. The minimum absolute atomic E-state index is 0.00664. The van der Waals surface area contributed by atoms with E-state index in [1.54, 1.807) is 11.0 Å². The molecule has 11 heteroatoms. The third-order valence-corrected chi connectivity index (χ3v) is 11.1. The first-order valence-corrected chi connectivity index (χ1v) is 17.3. The SMILES string of the molecule is CCn1ccc2c(=O)n(CC3(O)CCN(C(=O)[C@@H]4CCN(C(=O)c5sc(-c6ccccc6)cc5F)C[C@H]4c4ccccc4)CC3)cnc21. The molecule has 0 radical (unpaired) electrons. The van der Waals surface area contributed by atoms with E-state index in [0.717, 1.165) is 22.5 Å². The second-order valence-electron chi connectivity index (χ2n) is 12.9. The molecule has 2 amide bonds. The molecule has 48 heavy (non-hydrogen) atoms. The van der Waals surface area contributed by atoms with Gasteiger partial charge in [0.15, 0.2) is 0 Å². The molecule has 0 bridgehead atoms. The van der Waals surface area contributed by atoms with Gasteiger partial charge >= 0.3 is 0 Å². The minimum Gasteiger partial charge on any atom is -0.388 e. The number of thiophene rings is 1. The van der Waals surface area contributed by atoms with E-state index in [2.05, 4.69) is 4.98 Å². The molecule has 2 aliphatic rings. The van der Waals surface area contributed by atoms with Crippen LogP contribution < -0.4 is 5.56 Å². The molecular formula is C37H38FN5O4S. The van der Waals surface area contributed by atoms with Gasteiger partial charge in [0, 0.05) is 55.6 Å². The highest BCUT2D eigenvalue weighted by Crippen LogP contribution is 2.38. The Bertz CT molecular complexity index is 2000. The molecule has 0 aliphatic carbocycles. The van der Waals surface area contributed by atoms with Gasteiger partial charge in [0.1, 0.15) is 22.7 Å². The number of hydrogen-bond donors (Lipinski definition) is 1. The Morgan fingerprint density at radius 2 is 1.69 bits per heavy atom. The van der Waals surface area contributed by atoms with Crippen LogP contribution >= 0.6 is 11.3 Å². The molecule has 2 fully saturated rings. The Morgan fingerprint density at radius 3 is 2.40 bits per heavy atom. The third kappa shape index (κ3) is 6.08. The van der Waals surface area contributed by atoms with Crippen LogP contribution in [0.2, 0.25) is 0 Å². The Balaban J connectivity index is 1.05. The highest BCUT2D eigenvalue weighted by molar-refractivity contribution is 7.17. The maximum Gasteiger partial charge on any atom is 0.266 e. The Labute approximate surface area is 281 Å². The lowest BCUT2D eigenvalue weighted by Crippen LogP contribution is -2.53. The zero-order chi connectivity index (χ0) is 33.4. The summed E-state index contributed by atoms with van der Waals surface area (Å²) in [7, 11) is 0. The lowest BCUT2D eigenvalue weighted by molar-refractivity contribution is -0.142. The first kappa shape index (κ1) is 32.0. The monoisotopic (exact) mass is 667 g/mol. The number of nitrogens with zero attached hydrogens (tertiary/aromatic N) is 5. The topological polar surface area (TPSA) is 101 Å². The first-order chi connectivity index (χ1) is 23.2. The van der Waals surface area contributed by atoms with Crippen molar-refractivity contribution in [3.8, 4) is 10.4 Å². The van der Waals surface area contributed by atoms with Gasteiger partial charge in [-0.15, -0.1) is 11.3 Å². The van der Waals surface area contributed by atoms with E-state index in [-0.39, 0.29) is 40.6 Å². The highest BCUT2D eigenvalue weighted by Gasteiger charge is 2.42. The molecule has 3 aromatic heterocycles. The maximum absolute atomic E-state index is 15.1. The summed E-state index contributed by atoms with van der Waals surface area (Å²) in [5, 5.41) is 12.0. The number of piperidine rings is 2. The average Bonchev–Trinajstić information content (AvgIpc) is 3.73. The van der Waals surface area contributed by atoms with Crippen LogP contribution in [0.1, 0.15) is 47.3 Å². The van der Waals surface area contributed by atoms with E-state index < -0.39 is 11.4 Å². The van der Waals surface area contributed by atoms with Crippen LogP contribution in [0.25, 0.3) is 21.5 Å². The van der Waals surface area contributed by atoms with Gasteiger partial charge in [-0.25, -0.2) is 9.37 Å². The number of fused-ring (bicyclic) bond motifs is 1. The third-order valence-electron chi connectivity index (χ3n) is 9.94. The quantitative estimate of drug-likeness (QED) is 0.251. The number of carbonyl (C=O) groups is 2. The summed E-state index contributed by atoms with van der Waals surface area (Å²) in [6.45, 7) is 4.15. The molecule has 2 aliphatic heterocycles. The fraction of sp³-hybridized carbons (Fsp3) is 0.351. The standard InChI is InChI=1S/C37H38FN5O4S/c1-2-40-17-14-28-33(40)39-24-43(35(28)45)23-37(47)15-19-41(20-16-37)34(44)27-13-18-42(22-29(27)25-9-5-3-6-10-25)36(46)32-30(38)21-31(48-32)26-11-7-4-8-12-26/h3-12,14,17,21,24,27,29,47H,2,13,15-16,18-20,22-23H2,1H3/t27-,29+/m1/s1. The van der Waals surface area contributed by atoms with Crippen LogP contribution in [0.5, 0.6) is 0 Å². The number of hydrogen-bond acceptors (Lipinski definition) is 6. The Morgan fingerprint density at radius 1 is 0.979 bits per heavy atom. The zero-order valence-corrected chi connectivity index (χ0v) is 27.6. The molecule has 2 saturated heterocycles. The summed E-state index contributed by atoms with van der Waals surface area (Å²) in [5.41, 5.74) is 1.10.